The normalized spacial score (nSPS) is 13.9. The van der Waals surface area contributed by atoms with E-state index in [0.29, 0.717) is 25.5 Å². The van der Waals surface area contributed by atoms with E-state index in [1.54, 1.807) is 4.90 Å². The van der Waals surface area contributed by atoms with Crippen molar-refractivity contribution in [2.75, 3.05) is 13.1 Å². The van der Waals surface area contributed by atoms with Crippen molar-refractivity contribution in [2.24, 2.45) is 0 Å². The third kappa shape index (κ3) is 2.71. The Balaban J connectivity index is 1.61. The number of aromatic nitrogens is 5. The lowest BCUT2D eigenvalue weighted by molar-refractivity contribution is 0.0705. The predicted octanol–water partition coefficient (Wildman–Crippen LogP) is 0.927. The molecule has 0 saturated heterocycles. The Morgan fingerprint density at radius 3 is 2.85 bits per heavy atom. The summed E-state index contributed by atoms with van der Waals surface area (Å²) < 4.78 is 7.84. The minimum absolute atomic E-state index is 0.0249. The van der Waals surface area contributed by atoms with E-state index in [0.717, 1.165) is 11.1 Å². The minimum Gasteiger partial charge on any atom is -0.337 e. The van der Waals surface area contributed by atoms with Gasteiger partial charge in [0.1, 0.15) is 6.54 Å². The number of amides is 1. The van der Waals surface area contributed by atoms with Crippen molar-refractivity contribution in [3.05, 3.63) is 52.0 Å². The van der Waals surface area contributed by atoms with E-state index in [2.05, 4.69) is 15.2 Å². The quantitative estimate of drug-likeness (QED) is 0.691. The molecule has 0 radical (unpaired) electrons. The summed E-state index contributed by atoms with van der Waals surface area (Å²) in [5, 5.41) is 8.13. The zero-order chi connectivity index (χ0) is 18.3. The average Bonchev–Trinajstić information content (AvgIpc) is 3.22. The lowest BCUT2D eigenvalue weighted by Gasteiger charge is -2.24. The van der Waals surface area contributed by atoms with Gasteiger partial charge in [0.15, 0.2) is 0 Å². The van der Waals surface area contributed by atoms with E-state index in [1.165, 1.54) is 9.25 Å². The summed E-state index contributed by atoms with van der Waals surface area (Å²) in [6.07, 6.45) is 0. The molecule has 3 aromatic rings. The Morgan fingerprint density at radius 1 is 1.23 bits per heavy atom. The van der Waals surface area contributed by atoms with Gasteiger partial charge < -0.3 is 9.42 Å². The van der Waals surface area contributed by atoms with Crippen LogP contribution in [0, 0.1) is 6.92 Å². The zero-order valence-corrected chi connectivity index (χ0v) is 14.5. The van der Waals surface area contributed by atoms with Crippen LogP contribution in [-0.2, 0) is 13.1 Å². The number of likely N-dealkylation sites (N-methyl/N-ethyl adjacent to an activating group) is 1. The fourth-order valence-electron chi connectivity index (χ4n) is 3.02. The van der Waals surface area contributed by atoms with Crippen molar-refractivity contribution in [2.45, 2.75) is 26.9 Å². The number of benzene rings is 1. The van der Waals surface area contributed by atoms with Crippen LogP contribution in [0.15, 0.2) is 33.6 Å². The third-order valence-electron chi connectivity index (χ3n) is 4.41. The number of rotatable bonds is 4. The fraction of sp³-hybridized carbons (Fsp3) is 0.353. The first kappa shape index (κ1) is 16.2. The van der Waals surface area contributed by atoms with Gasteiger partial charge in [0, 0.05) is 25.2 Å². The van der Waals surface area contributed by atoms with Gasteiger partial charge in [-0.25, -0.2) is 9.48 Å². The van der Waals surface area contributed by atoms with Gasteiger partial charge in [-0.3, -0.25) is 9.36 Å². The van der Waals surface area contributed by atoms with Crippen LogP contribution in [0.4, 0.5) is 0 Å². The van der Waals surface area contributed by atoms with E-state index < -0.39 is 0 Å². The van der Waals surface area contributed by atoms with Crippen LogP contribution in [0.2, 0.25) is 0 Å². The first-order valence-corrected chi connectivity index (χ1v) is 8.43. The molecular formula is C17H18N6O3. The fourth-order valence-corrected chi connectivity index (χ4v) is 3.02. The SMILES string of the molecule is CCN1CCn2c(nn(Cc3nc(-c4cccc(C)c4)no3)c2=O)C1=O. The molecule has 1 amide bonds. The first-order valence-electron chi connectivity index (χ1n) is 8.43. The lowest BCUT2D eigenvalue weighted by atomic mass is 10.1. The van der Waals surface area contributed by atoms with E-state index in [-0.39, 0.29) is 29.9 Å². The number of hydrogen-bond acceptors (Lipinski definition) is 6. The second-order valence-corrected chi connectivity index (χ2v) is 6.18. The Morgan fingerprint density at radius 2 is 2.08 bits per heavy atom. The summed E-state index contributed by atoms with van der Waals surface area (Å²) >= 11 is 0. The molecule has 3 heterocycles. The van der Waals surface area contributed by atoms with Crippen molar-refractivity contribution < 1.29 is 9.32 Å². The van der Waals surface area contributed by atoms with Gasteiger partial charge in [0.25, 0.3) is 5.91 Å². The molecule has 1 aromatic carbocycles. The molecule has 0 saturated carbocycles. The van der Waals surface area contributed by atoms with Crippen molar-refractivity contribution in [1.82, 2.24) is 29.4 Å². The van der Waals surface area contributed by atoms with E-state index in [1.807, 2.05) is 38.1 Å². The Kier molecular flexibility index (Phi) is 3.90. The Labute approximate surface area is 148 Å². The van der Waals surface area contributed by atoms with Crippen LogP contribution in [0.1, 0.15) is 29.0 Å². The maximum absolute atomic E-state index is 12.5. The van der Waals surface area contributed by atoms with Gasteiger partial charge >= 0.3 is 5.69 Å². The standard InChI is InChI=1S/C17H18N6O3/c1-3-21-7-8-22-15(16(21)24)19-23(17(22)25)10-13-18-14(20-26-13)12-6-4-5-11(2)9-12/h4-6,9H,3,7-8,10H2,1-2H3. The van der Waals surface area contributed by atoms with Crippen molar-refractivity contribution in [3.63, 3.8) is 0 Å². The maximum Gasteiger partial charge on any atom is 0.346 e. The summed E-state index contributed by atoms with van der Waals surface area (Å²) in [5.74, 6) is 0.634. The molecule has 1 aliphatic heterocycles. The largest absolute Gasteiger partial charge is 0.346 e. The van der Waals surface area contributed by atoms with Crippen LogP contribution >= 0.6 is 0 Å². The Hall–Kier alpha value is -3.23. The molecule has 0 bridgehead atoms. The highest BCUT2D eigenvalue weighted by molar-refractivity contribution is 5.91. The van der Waals surface area contributed by atoms with Gasteiger partial charge in [-0.2, -0.15) is 4.98 Å². The monoisotopic (exact) mass is 354 g/mol. The summed E-state index contributed by atoms with van der Waals surface area (Å²) in [4.78, 5) is 30.8. The molecule has 26 heavy (non-hydrogen) atoms. The van der Waals surface area contributed by atoms with Gasteiger partial charge in [0.05, 0.1) is 0 Å². The molecule has 0 spiro atoms. The second-order valence-electron chi connectivity index (χ2n) is 6.18. The number of nitrogens with zero attached hydrogens (tertiary/aromatic N) is 6. The number of aryl methyl sites for hydroxylation is 1. The highest BCUT2D eigenvalue weighted by Gasteiger charge is 2.29. The van der Waals surface area contributed by atoms with Crippen LogP contribution in [0.5, 0.6) is 0 Å². The summed E-state index contributed by atoms with van der Waals surface area (Å²) in [6, 6.07) is 7.74. The molecule has 134 valence electrons. The van der Waals surface area contributed by atoms with E-state index >= 15 is 0 Å². The second kappa shape index (κ2) is 6.25. The number of carbonyl (C=O) groups excluding carboxylic acids is 1. The van der Waals surface area contributed by atoms with Gasteiger partial charge in [-0.1, -0.05) is 28.9 Å². The predicted molar refractivity (Wildman–Crippen MR) is 91.6 cm³/mol. The molecule has 0 aliphatic carbocycles. The summed E-state index contributed by atoms with van der Waals surface area (Å²) in [6.45, 7) is 5.43. The molecule has 1 aliphatic rings. The van der Waals surface area contributed by atoms with Crippen molar-refractivity contribution in [3.8, 4) is 11.4 Å². The average molecular weight is 354 g/mol. The van der Waals surface area contributed by atoms with Crippen LogP contribution < -0.4 is 5.69 Å². The zero-order valence-electron chi connectivity index (χ0n) is 14.5. The van der Waals surface area contributed by atoms with Gasteiger partial charge in [0.2, 0.25) is 17.5 Å². The van der Waals surface area contributed by atoms with E-state index in [4.69, 9.17) is 4.52 Å². The maximum atomic E-state index is 12.5. The van der Waals surface area contributed by atoms with Crippen LogP contribution in [0.25, 0.3) is 11.4 Å². The summed E-state index contributed by atoms with van der Waals surface area (Å²) in [7, 11) is 0. The van der Waals surface area contributed by atoms with Crippen LogP contribution in [0.3, 0.4) is 0 Å². The topological polar surface area (TPSA) is 99.0 Å². The molecule has 9 heteroatoms. The van der Waals surface area contributed by atoms with Crippen molar-refractivity contribution >= 4 is 5.91 Å². The number of hydrogen-bond donors (Lipinski definition) is 0. The van der Waals surface area contributed by atoms with E-state index in [9.17, 15) is 9.59 Å². The molecule has 9 nitrogen and oxygen atoms in total. The highest BCUT2D eigenvalue weighted by atomic mass is 16.5. The molecule has 0 atom stereocenters. The van der Waals surface area contributed by atoms with Gasteiger partial charge in [-0.05, 0) is 19.9 Å². The molecular weight excluding hydrogens is 336 g/mol. The molecule has 0 unspecified atom stereocenters. The third-order valence-corrected chi connectivity index (χ3v) is 4.41. The number of fused-ring (bicyclic) bond motifs is 1. The summed E-state index contributed by atoms with van der Waals surface area (Å²) in [5.41, 5.74) is 1.58. The van der Waals surface area contributed by atoms with Crippen LogP contribution in [-0.4, -0.2) is 48.4 Å². The molecule has 4 rings (SSSR count). The Bertz CT molecular complexity index is 1030. The molecule has 2 aromatic heterocycles. The number of carbonyl (C=O) groups is 1. The first-order chi connectivity index (χ1) is 12.6. The lowest BCUT2D eigenvalue weighted by Crippen LogP contribution is -2.42. The highest BCUT2D eigenvalue weighted by Crippen LogP contribution is 2.17. The van der Waals surface area contributed by atoms with Gasteiger partial charge in [-0.15, -0.1) is 5.10 Å². The molecule has 0 fully saturated rings. The van der Waals surface area contributed by atoms with Crippen molar-refractivity contribution in [1.29, 1.82) is 0 Å². The molecule has 0 N–H and O–H groups in total. The smallest absolute Gasteiger partial charge is 0.337 e. The minimum atomic E-state index is -0.348.